The minimum absolute atomic E-state index is 0.132. The van der Waals surface area contributed by atoms with Gasteiger partial charge in [0.15, 0.2) is 0 Å². The van der Waals surface area contributed by atoms with Gasteiger partial charge >= 0.3 is 5.97 Å². The second-order valence-electron chi connectivity index (χ2n) is 5.73. The fraction of sp³-hybridized carbons (Fsp3) is 0.529. The molecule has 0 saturated heterocycles. The lowest BCUT2D eigenvalue weighted by Gasteiger charge is -2.22. The Morgan fingerprint density at radius 2 is 1.81 bits per heavy atom. The average Bonchev–Trinajstić information content (AvgIpc) is 2.44. The number of benzene rings is 1. The zero-order valence-electron chi connectivity index (χ0n) is 13.0. The third-order valence-electron chi connectivity index (χ3n) is 3.64. The highest BCUT2D eigenvalue weighted by Gasteiger charge is 2.26. The number of carboxylic acids is 1. The van der Waals surface area contributed by atoms with Crippen molar-refractivity contribution in [1.82, 2.24) is 5.32 Å². The Bertz CT molecular complexity index is 456. The van der Waals surface area contributed by atoms with Crippen LogP contribution >= 0.6 is 0 Å². The van der Waals surface area contributed by atoms with Crippen LogP contribution in [0.25, 0.3) is 0 Å². The Morgan fingerprint density at radius 3 is 2.29 bits per heavy atom. The van der Waals surface area contributed by atoms with Crippen molar-refractivity contribution >= 4 is 11.9 Å². The van der Waals surface area contributed by atoms with Gasteiger partial charge in [0.05, 0.1) is 0 Å². The van der Waals surface area contributed by atoms with Gasteiger partial charge in [-0.05, 0) is 17.9 Å². The van der Waals surface area contributed by atoms with Crippen LogP contribution in [0.5, 0.6) is 0 Å². The quantitative estimate of drug-likeness (QED) is 0.774. The van der Waals surface area contributed by atoms with E-state index in [1.807, 2.05) is 51.1 Å². The fourth-order valence-corrected chi connectivity index (χ4v) is 2.41. The third kappa shape index (κ3) is 5.58. The van der Waals surface area contributed by atoms with E-state index in [4.69, 9.17) is 0 Å². The summed E-state index contributed by atoms with van der Waals surface area (Å²) in [6.45, 7) is 6.01. The van der Waals surface area contributed by atoms with Gasteiger partial charge in [0.2, 0.25) is 5.91 Å². The van der Waals surface area contributed by atoms with Gasteiger partial charge in [0.25, 0.3) is 0 Å². The van der Waals surface area contributed by atoms with Crippen molar-refractivity contribution in [1.29, 1.82) is 0 Å². The predicted molar refractivity (Wildman–Crippen MR) is 82.9 cm³/mol. The minimum Gasteiger partial charge on any atom is -0.480 e. The molecule has 0 aromatic heterocycles. The van der Waals surface area contributed by atoms with E-state index in [1.165, 1.54) is 0 Å². The van der Waals surface area contributed by atoms with E-state index in [9.17, 15) is 14.7 Å². The number of hydrogen-bond donors (Lipinski definition) is 2. The molecule has 0 aliphatic rings. The molecule has 4 heteroatoms. The molecule has 0 fully saturated rings. The molecule has 116 valence electrons. The molecular formula is C17H25NO3. The highest BCUT2D eigenvalue weighted by atomic mass is 16.4. The molecule has 0 radical (unpaired) electrons. The van der Waals surface area contributed by atoms with E-state index in [-0.39, 0.29) is 17.7 Å². The number of carboxylic acid groups (broad SMARTS) is 1. The monoisotopic (exact) mass is 291 g/mol. The summed E-state index contributed by atoms with van der Waals surface area (Å²) >= 11 is 0. The first-order valence-electron chi connectivity index (χ1n) is 7.52. The number of carbonyl (C=O) groups excluding carboxylic acids is 1. The standard InChI is InChI=1S/C17H25NO3/c1-4-8-14(12(2)3)16(19)18-15(17(20)21)11-13-9-6-5-7-10-13/h5-7,9-10,12,14-15H,4,8,11H2,1-3H3,(H,18,19)(H,20,21)/t14?,15-/m1/s1. The summed E-state index contributed by atoms with van der Waals surface area (Å²) in [7, 11) is 0. The van der Waals surface area contributed by atoms with Crippen LogP contribution in [0.15, 0.2) is 30.3 Å². The van der Waals surface area contributed by atoms with Gasteiger partial charge in [-0.25, -0.2) is 4.79 Å². The summed E-state index contributed by atoms with van der Waals surface area (Å²) in [5.41, 5.74) is 0.904. The normalized spacial score (nSPS) is 13.7. The number of carbonyl (C=O) groups is 2. The van der Waals surface area contributed by atoms with Crippen LogP contribution in [0.1, 0.15) is 39.2 Å². The number of rotatable bonds is 8. The first-order valence-corrected chi connectivity index (χ1v) is 7.52. The molecule has 1 aromatic carbocycles. The van der Waals surface area contributed by atoms with E-state index >= 15 is 0 Å². The van der Waals surface area contributed by atoms with Gasteiger partial charge in [0, 0.05) is 12.3 Å². The number of amides is 1. The van der Waals surface area contributed by atoms with Gasteiger partial charge in [-0.3, -0.25) is 4.79 Å². The molecule has 0 heterocycles. The molecule has 1 aromatic rings. The van der Waals surface area contributed by atoms with Crippen molar-refractivity contribution in [2.24, 2.45) is 11.8 Å². The van der Waals surface area contributed by atoms with Crippen LogP contribution in [0, 0.1) is 11.8 Å². The van der Waals surface area contributed by atoms with Crippen molar-refractivity contribution in [2.75, 3.05) is 0 Å². The molecule has 21 heavy (non-hydrogen) atoms. The largest absolute Gasteiger partial charge is 0.480 e. The van der Waals surface area contributed by atoms with Crippen LogP contribution in [-0.2, 0) is 16.0 Å². The zero-order valence-corrected chi connectivity index (χ0v) is 13.0. The van der Waals surface area contributed by atoms with Gasteiger partial charge in [-0.2, -0.15) is 0 Å². The maximum Gasteiger partial charge on any atom is 0.326 e. The van der Waals surface area contributed by atoms with Crippen molar-refractivity contribution in [2.45, 2.75) is 46.1 Å². The molecular weight excluding hydrogens is 266 g/mol. The lowest BCUT2D eigenvalue weighted by atomic mass is 9.90. The predicted octanol–water partition coefficient (Wildman–Crippen LogP) is 2.87. The lowest BCUT2D eigenvalue weighted by molar-refractivity contribution is -0.142. The molecule has 2 atom stereocenters. The highest BCUT2D eigenvalue weighted by Crippen LogP contribution is 2.17. The van der Waals surface area contributed by atoms with E-state index in [0.29, 0.717) is 6.42 Å². The molecule has 0 aliphatic heterocycles. The summed E-state index contributed by atoms with van der Waals surface area (Å²) in [5.74, 6) is -1.08. The SMILES string of the molecule is CCCC(C(=O)N[C@H](Cc1ccccc1)C(=O)O)C(C)C. The van der Waals surface area contributed by atoms with Crippen molar-refractivity contribution in [3.63, 3.8) is 0 Å². The summed E-state index contributed by atoms with van der Waals surface area (Å²) in [4.78, 5) is 23.7. The van der Waals surface area contributed by atoms with E-state index in [1.54, 1.807) is 0 Å². The summed E-state index contributed by atoms with van der Waals surface area (Å²) in [5, 5.41) is 12.0. The first-order chi connectivity index (χ1) is 9.95. The van der Waals surface area contributed by atoms with Gasteiger partial charge in [-0.1, -0.05) is 57.5 Å². The van der Waals surface area contributed by atoms with Crippen molar-refractivity contribution < 1.29 is 14.7 Å². The van der Waals surface area contributed by atoms with Crippen LogP contribution in [0.3, 0.4) is 0 Å². The molecule has 0 aliphatic carbocycles. The van der Waals surface area contributed by atoms with Crippen molar-refractivity contribution in [3.05, 3.63) is 35.9 Å². The molecule has 1 amide bonds. The average molecular weight is 291 g/mol. The summed E-state index contributed by atoms with van der Waals surface area (Å²) in [6, 6.07) is 8.47. The molecule has 1 rings (SSSR count). The first kappa shape index (κ1) is 17.2. The van der Waals surface area contributed by atoms with Crippen LogP contribution < -0.4 is 5.32 Å². The Hall–Kier alpha value is -1.84. The van der Waals surface area contributed by atoms with Gasteiger partial charge in [0.1, 0.15) is 6.04 Å². The second-order valence-corrected chi connectivity index (χ2v) is 5.73. The summed E-state index contributed by atoms with van der Waals surface area (Å²) in [6.07, 6.45) is 1.99. The molecule has 1 unspecified atom stereocenters. The Morgan fingerprint density at radius 1 is 1.19 bits per heavy atom. The Labute approximate surface area is 126 Å². The molecule has 2 N–H and O–H groups in total. The fourth-order valence-electron chi connectivity index (χ4n) is 2.41. The van der Waals surface area contributed by atoms with Gasteiger partial charge in [-0.15, -0.1) is 0 Å². The highest BCUT2D eigenvalue weighted by molar-refractivity contribution is 5.85. The third-order valence-corrected chi connectivity index (χ3v) is 3.64. The number of hydrogen-bond acceptors (Lipinski definition) is 2. The van der Waals surface area contributed by atoms with Crippen molar-refractivity contribution in [3.8, 4) is 0 Å². The van der Waals surface area contributed by atoms with Crippen LogP contribution in [0.2, 0.25) is 0 Å². The smallest absolute Gasteiger partial charge is 0.326 e. The molecule has 4 nitrogen and oxygen atoms in total. The van der Waals surface area contributed by atoms with E-state index in [0.717, 1.165) is 18.4 Å². The number of nitrogens with one attached hydrogen (secondary N) is 1. The molecule has 0 spiro atoms. The Kier molecular flexibility index (Phi) is 6.92. The number of aliphatic carboxylic acids is 1. The maximum atomic E-state index is 12.3. The molecule has 0 bridgehead atoms. The van der Waals surface area contributed by atoms with Crippen LogP contribution in [0.4, 0.5) is 0 Å². The van der Waals surface area contributed by atoms with Crippen LogP contribution in [-0.4, -0.2) is 23.0 Å². The zero-order chi connectivity index (χ0) is 15.8. The van der Waals surface area contributed by atoms with Gasteiger partial charge < -0.3 is 10.4 Å². The topological polar surface area (TPSA) is 66.4 Å². The lowest BCUT2D eigenvalue weighted by Crippen LogP contribution is -2.45. The maximum absolute atomic E-state index is 12.3. The van der Waals surface area contributed by atoms with E-state index < -0.39 is 12.0 Å². The molecule has 0 saturated carbocycles. The second kappa shape index (κ2) is 8.45. The minimum atomic E-state index is -0.994. The van der Waals surface area contributed by atoms with E-state index in [2.05, 4.69) is 5.32 Å². The summed E-state index contributed by atoms with van der Waals surface area (Å²) < 4.78 is 0. The Balaban J connectivity index is 2.74.